The molecule has 0 amide bonds. The number of benzene rings is 2. The third-order valence-corrected chi connectivity index (χ3v) is 10.2. The maximum Gasteiger partial charge on any atom is 0.202 e. The summed E-state index contributed by atoms with van der Waals surface area (Å²) >= 11 is 0. The highest BCUT2D eigenvalue weighted by Gasteiger charge is 2.50. The van der Waals surface area contributed by atoms with Crippen molar-refractivity contribution >= 4 is 17.3 Å². The minimum atomic E-state index is -2.25. The lowest BCUT2D eigenvalue weighted by molar-refractivity contribution is -0.250. The number of fused-ring (bicyclic) bond motifs is 3. The molecule has 2 aromatic carbocycles. The molecule has 1 saturated carbocycles. The summed E-state index contributed by atoms with van der Waals surface area (Å²) in [5, 5.41) is 58.7. The van der Waals surface area contributed by atoms with Crippen molar-refractivity contribution in [1.29, 1.82) is 0 Å². The molecule has 6 N–H and O–H groups in total. The summed E-state index contributed by atoms with van der Waals surface area (Å²) in [4.78, 5) is 40.4. The molecule has 2 aromatic rings. The molecule has 4 aliphatic rings. The van der Waals surface area contributed by atoms with E-state index < -0.39 is 95.7 Å². The lowest BCUT2D eigenvalue weighted by atomic mass is 9.72. The van der Waals surface area contributed by atoms with E-state index in [1.807, 2.05) is 0 Å². The van der Waals surface area contributed by atoms with Crippen LogP contribution in [0.25, 0.3) is 0 Å². The maximum atomic E-state index is 13.9. The highest BCUT2D eigenvalue weighted by atomic mass is 16.7. The molecule has 13 heteroatoms. The van der Waals surface area contributed by atoms with Gasteiger partial charge >= 0.3 is 0 Å². The van der Waals surface area contributed by atoms with Crippen molar-refractivity contribution in [1.82, 2.24) is 5.32 Å². The quantitative estimate of drug-likeness (QED) is 0.135. The number of phenols is 2. The fourth-order valence-electron chi connectivity index (χ4n) is 7.62. The van der Waals surface area contributed by atoms with E-state index in [1.165, 1.54) is 31.7 Å². The van der Waals surface area contributed by atoms with Gasteiger partial charge in [0.2, 0.25) is 5.78 Å². The summed E-state index contributed by atoms with van der Waals surface area (Å²) in [7, 11) is 1.34. The van der Waals surface area contributed by atoms with E-state index in [4.69, 9.17) is 18.9 Å². The Bertz CT molecular complexity index is 1590. The molecule has 0 radical (unpaired) electrons. The van der Waals surface area contributed by atoms with Crippen LogP contribution in [-0.4, -0.2) is 106 Å². The van der Waals surface area contributed by atoms with E-state index in [9.17, 15) is 39.9 Å². The first-order valence-corrected chi connectivity index (χ1v) is 16.6. The van der Waals surface area contributed by atoms with Gasteiger partial charge in [-0.2, -0.15) is 0 Å². The number of hydrogen-bond acceptors (Lipinski definition) is 13. The molecule has 260 valence electrons. The zero-order chi connectivity index (χ0) is 34.3. The van der Waals surface area contributed by atoms with Gasteiger partial charge < -0.3 is 49.8 Å². The first-order valence-electron chi connectivity index (χ1n) is 16.6. The molecule has 3 aliphatic carbocycles. The summed E-state index contributed by atoms with van der Waals surface area (Å²) < 4.78 is 23.6. The van der Waals surface area contributed by atoms with Crippen LogP contribution in [-0.2, 0) is 25.4 Å². The average Bonchev–Trinajstić information content (AvgIpc) is 3.08. The van der Waals surface area contributed by atoms with Gasteiger partial charge in [-0.15, -0.1) is 0 Å². The van der Waals surface area contributed by atoms with Crippen LogP contribution in [0.2, 0.25) is 0 Å². The number of aromatic hydroxyl groups is 2. The molecule has 0 aromatic heterocycles. The second-order valence-electron chi connectivity index (χ2n) is 13.2. The van der Waals surface area contributed by atoms with Crippen molar-refractivity contribution in [2.45, 2.75) is 101 Å². The van der Waals surface area contributed by atoms with Gasteiger partial charge in [-0.05, 0) is 25.8 Å². The number of aliphatic hydroxyl groups is 3. The first kappa shape index (κ1) is 34.4. The normalized spacial score (nSPS) is 28.8. The van der Waals surface area contributed by atoms with E-state index in [0.29, 0.717) is 13.2 Å². The maximum absolute atomic E-state index is 13.9. The number of aliphatic hydroxyl groups excluding tert-OH is 2. The van der Waals surface area contributed by atoms with E-state index in [-0.39, 0.29) is 40.5 Å². The highest BCUT2D eigenvalue weighted by molar-refractivity contribution is 6.31. The standard InChI is InChI=1S/C35H43NO12/c1-17-30(39)21(36-11-12-46-18-7-4-3-5-8-18)13-25(47-17)48-23-15-35(44,24(38)16-37)14-20-27(23)34(43)29-28(32(20)41)31(40)19-9-6-10-22(45-2)26(19)33(29)42/h6,9-10,17-18,21,23,25,30,36-37,39,41,43-44H,3-5,7-8,11-16H2,1-2H3/t17?,21?,23-,25?,30?,35-/m0/s1. The highest BCUT2D eigenvalue weighted by Crippen LogP contribution is 2.52. The Morgan fingerprint density at radius 2 is 1.79 bits per heavy atom. The van der Waals surface area contributed by atoms with Gasteiger partial charge in [0.15, 0.2) is 17.9 Å². The molecule has 13 nitrogen and oxygen atoms in total. The first-order chi connectivity index (χ1) is 23.0. The van der Waals surface area contributed by atoms with Gasteiger partial charge in [-0.25, -0.2) is 0 Å². The number of rotatable bonds is 10. The molecule has 1 aliphatic heterocycles. The molecule has 0 bridgehead atoms. The molecular weight excluding hydrogens is 626 g/mol. The molecule has 1 heterocycles. The number of carbonyl (C=O) groups is 3. The van der Waals surface area contributed by atoms with Gasteiger partial charge in [-0.3, -0.25) is 14.4 Å². The Balaban J connectivity index is 1.31. The smallest absolute Gasteiger partial charge is 0.202 e. The van der Waals surface area contributed by atoms with Crippen LogP contribution in [0.4, 0.5) is 0 Å². The van der Waals surface area contributed by atoms with Crippen LogP contribution in [0.15, 0.2) is 18.2 Å². The second kappa shape index (κ2) is 13.8. The number of Topliss-reactive ketones (excluding diaryl/α,β-unsaturated/α-hetero) is 1. The minimum absolute atomic E-state index is 0.0439. The van der Waals surface area contributed by atoms with Gasteiger partial charge in [0.05, 0.1) is 54.8 Å². The molecule has 48 heavy (non-hydrogen) atoms. The molecule has 1 saturated heterocycles. The van der Waals surface area contributed by atoms with E-state index in [1.54, 1.807) is 6.92 Å². The summed E-state index contributed by atoms with van der Waals surface area (Å²) in [5.74, 6) is -3.70. The van der Waals surface area contributed by atoms with Crippen molar-refractivity contribution in [3.8, 4) is 17.2 Å². The van der Waals surface area contributed by atoms with Crippen LogP contribution >= 0.6 is 0 Å². The number of hydrogen-bond donors (Lipinski definition) is 6. The predicted molar refractivity (Wildman–Crippen MR) is 168 cm³/mol. The molecule has 6 rings (SSSR count). The van der Waals surface area contributed by atoms with Crippen molar-refractivity contribution < 1.29 is 58.9 Å². The number of methoxy groups -OCH3 is 1. The molecule has 2 fully saturated rings. The summed E-state index contributed by atoms with van der Waals surface area (Å²) in [6.45, 7) is 1.58. The summed E-state index contributed by atoms with van der Waals surface area (Å²) in [6.07, 6.45) is 0.972. The lowest BCUT2D eigenvalue weighted by Crippen LogP contribution is -2.55. The zero-order valence-corrected chi connectivity index (χ0v) is 27.1. The van der Waals surface area contributed by atoms with Gasteiger partial charge in [-0.1, -0.05) is 31.4 Å². The van der Waals surface area contributed by atoms with E-state index in [0.717, 1.165) is 25.7 Å². The number of phenolic OH excluding ortho intramolecular Hbond substituents is 2. The van der Waals surface area contributed by atoms with Crippen LogP contribution in [0.1, 0.15) is 101 Å². The van der Waals surface area contributed by atoms with E-state index in [2.05, 4.69) is 5.32 Å². The number of ether oxygens (including phenoxy) is 4. The van der Waals surface area contributed by atoms with Crippen molar-refractivity contribution in [2.24, 2.45) is 0 Å². The van der Waals surface area contributed by atoms with Crippen molar-refractivity contribution in [3.63, 3.8) is 0 Å². The SMILES string of the molecule is COc1cccc2c1C(=O)c1c(O)c3c(c(O)c1C2=O)C[C@@](O)(C(=O)CO)C[C@@H]3OC1CC(NCCOC2CCCCC2)C(O)C(C)O1. The fourth-order valence-corrected chi connectivity index (χ4v) is 7.62. The molecule has 4 unspecified atom stereocenters. The van der Waals surface area contributed by atoms with Crippen LogP contribution in [0.5, 0.6) is 17.2 Å². The third-order valence-electron chi connectivity index (χ3n) is 10.2. The monoisotopic (exact) mass is 669 g/mol. The summed E-state index contributed by atoms with van der Waals surface area (Å²) in [6, 6.07) is 3.93. The predicted octanol–water partition coefficient (Wildman–Crippen LogP) is 1.98. The van der Waals surface area contributed by atoms with Crippen molar-refractivity contribution in [2.75, 3.05) is 26.9 Å². The van der Waals surface area contributed by atoms with Gasteiger partial charge in [0, 0.05) is 48.5 Å². The molecular formula is C35H43NO12. The fraction of sp³-hybridized carbons (Fsp3) is 0.571. The number of ketones is 3. The van der Waals surface area contributed by atoms with Crippen LogP contribution in [0.3, 0.4) is 0 Å². The third kappa shape index (κ3) is 6.13. The molecule has 0 spiro atoms. The average molecular weight is 670 g/mol. The lowest BCUT2D eigenvalue weighted by Gasteiger charge is -2.43. The number of carbonyl (C=O) groups excluding carboxylic acids is 3. The largest absolute Gasteiger partial charge is 0.507 e. The van der Waals surface area contributed by atoms with Crippen molar-refractivity contribution in [3.05, 3.63) is 51.6 Å². The topological polar surface area (TPSA) is 201 Å². The molecule has 6 atom stereocenters. The second-order valence-corrected chi connectivity index (χ2v) is 13.2. The minimum Gasteiger partial charge on any atom is -0.507 e. The van der Waals surface area contributed by atoms with Gasteiger partial charge in [0.1, 0.15) is 29.5 Å². The van der Waals surface area contributed by atoms with Crippen LogP contribution in [0, 0.1) is 0 Å². The Labute approximate surface area is 277 Å². The Morgan fingerprint density at radius 3 is 2.50 bits per heavy atom. The zero-order valence-electron chi connectivity index (χ0n) is 27.1. The Morgan fingerprint density at radius 1 is 1.06 bits per heavy atom. The number of nitrogens with one attached hydrogen (secondary N) is 1. The van der Waals surface area contributed by atoms with E-state index >= 15 is 0 Å². The Kier molecular flexibility index (Phi) is 9.92. The Hall–Kier alpha value is -3.43. The summed E-state index contributed by atoms with van der Waals surface area (Å²) in [5.41, 5.74) is -3.55. The van der Waals surface area contributed by atoms with Gasteiger partial charge in [0.25, 0.3) is 0 Å². The van der Waals surface area contributed by atoms with Crippen LogP contribution < -0.4 is 10.1 Å².